The highest BCUT2D eigenvalue weighted by Gasteiger charge is 2.11. The fraction of sp³-hybridized carbons (Fsp3) is 0.172. The van der Waals surface area contributed by atoms with Crippen LogP contribution in [0.3, 0.4) is 0 Å². The largest absolute Gasteiger partial charge is 0.487 e. The molecule has 3 aromatic carbocycles. The molecule has 1 unspecified atom stereocenters. The molecule has 0 amide bonds. The van der Waals surface area contributed by atoms with Crippen molar-refractivity contribution >= 4 is 34.0 Å². The molecule has 39 heavy (non-hydrogen) atoms. The van der Waals surface area contributed by atoms with Crippen LogP contribution in [0.1, 0.15) is 5.56 Å². The molecule has 0 aliphatic carbocycles. The lowest BCUT2D eigenvalue weighted by Crippen LogP contribution is -2.34. The summed E-state index contributed by atoms with van der Waals surface area (Å²) in [5, 5.41) is 26.4. The molecular weight excluding hydrogens is 521 g/mol. The van der Waals surface area contributed by atoms with E-state index in [1.807, 2.05) is 47.3 Å². The van der Waals surface area contributed by atoms with Gasteiger partial charge in [0, 0.05) is 30.0 Å². The maximum Gasteiger partial charge on any atom is 0.141 e. The number of hydrogen-bond donors (Lipinski definition) is 4. The van der Waals surface area contributed by atoms with Gasteiger partial charge in [-0.2, -0.15) is 0 Å². The average Bonchev–Trinajstić information content (AvgIpc) is 3.40. The van der Waals surface area contributed by atoms with Gasteiger partial charge in [0.05, 0.1) is 23.7 Å². The third-order valence-corrected chi connectivity index (χ3v) is 6.37. The predicted octanol–water partition coefficient (Wildman–Crippen LogP) is 5.11. The van der Waals surface area contributed by atoms with Crippen LogP contribution in [0.15, 0.2) is 85.5 Å². The van der Waals surface area contributed by atoms with Crippen LogP contribution in [0.5, 0.6) is 5.75 Å². The van der Waals surface area contributed by atoms with Crippen LogP contribution in [0, 0.1) is 5.82 Å². The lowest BCUT2D eigenvalue weighted by molar-refractivity contribution is 0.110. The number of aliphatic hydroxyl groups is 2. The van der Waals surface area contributed by atoms with Gasteiger partial charge >= 0.3 is 0 Å². The molecule has 0 saturated heterocycles. The van der Waals surface area contributed by atoms with Gasteiger partial charge in [0.25, 0.3) is 0 Å². The fourth-order valence-corrected chi connectivity index (χ4v) is 4.41. The van der Waals surface area contributed by atoms with Crippen molar-refractivity contribution in [3.8, 4) is 16.9 Å². The highest BCUT2D eigenvalue weighted by Crippen LogP contribution is 2.32. The molecule has 4 N–H and O–H groups in total. The second-order valence-corrected chi connectivity index (χ2v) is 9.34. The number of fused-ring (bicyclic) bond motifs is 1. The number of rotatable bonds is 11. The zero-order valence-corrected chi connectivity index (χ0v) is 21.6. The predicted molar refractivity (Wildman–Crippen MR) is 150 cm³/mol. The second kappa shape index (κ2) is 12.2. The zero-order chi connectivity index (χ0) is 27.2. The Balaban J connectivity index is 1.32. The van der Waals surface area contributed by atoms with Crippen molar-refractivity contribution in [1.29, 1.82) is 0 Å². The fourth-order valence-electron chi connectivity index (χ4n) is 4.18. The highest BCUT2D eigenvalue weighted by molar-refractivity contribution is 6.32. The first-order chi connectivity index (χ1) is 19.0. The summed E-state index contributed by atoms with van der Waals surface area (Å²) in [5.41, 5.74) is 4.15. The number of ether oxygens (including phenoxy) is 1. The van der Waals surface area contributed by atoms with Crippen LogP contribution in [0.4, 0.5) is 15.9 Å². The molecule has 1 atom stereocenters. The first-order valence-corrected chi connectivity index (χ1v) is 12.7. The van der Waals surface area contributed by atoms with Gasteiger partial charge in [-0.25, -0.2) is 14.4 Å². The molecule has 0 fully saturated rings. The van der Waals surface area contributed by atoms with Gasteiger partial charge in [0.1, 0.15) is 36.5 Å². The maximum absolute atomic E-state index is 13.4. The lowest BCUT2D eigenvalue weighted by atomic mass is 10.1. The number of benzene rings is 3. The summed E-state index contributed by atoms with van der Waals surface area (Å²) in [4.78, 5) is 8.84. The summed E-state index contributed by atoms with van der Waals surface area (Å²) in [5.74, 6) is 0.793. The summed E-state index contributed by atoms with van der Waals surface area (Å²) in [6, 6.07) is 19.5. The van der Waals surface area contributed by atoms with E-state index in [4.69, 9.17) is 21.4 Å². The van der Waals surface area contributed by atoms with E-state index >= 15 is 0 Å². The van der Waals surface area contributed by atoms with Crippen LogP contribution >= 0.6 is 11.6 Å². The van der Waals surface area contributed by atoms with Crippen molar-refractivity contribution in [1.82, 2.24) is 19.9 Å². The number of hydrogen-bond acceptors (Lipinski definition) is 7. The molecule has 8 nitrogen and oxygen atoms in total. The van der Waals surface area contributed by atoms with Crippen LogP contribution < -0.4 is 15.4 Å². The summed E-state index contributed by atoms with van der Waals surface area (Å²) in [6.07, 6.45) is 4.58. The van der Waals surface area contributed by atoms with E-state index in [-0.39, 0.29) is 19.0 Å². The van der Waals surface area contributed by atoms with Gasteiger partial charge in [0.2, 0.25) is 0 Å². The van der Waals surface area contributed by atoms with Gasteiger partial charge in [-0.15, -0.1) is 0 Å². The Hall–Kier alpha value is -4.02. The lowest BCUT2D eigenvalue weighted by Gasteiger charge is -2.13. The van der Waals surface area contributed by atoms with Crippen LogP contribution in [-0.2, 0) is 13.2 Å². The van der Waals surface area contributed by atoms with Crippen LogP contribution in [0.2, 0.25) is 5.02 Å². The molecule has 5 aromatic rings. The van der Waals surface area contributed by atoms with Crippen molar-refractivity contribution < 1.29 is 19.3 Å². The Kier molecular flexibility index (Phi) is 8.33. The van der Waals surface area contributed by atoms with E-state index in [2.05, 4.69) is 20.6 Å². The van der Waals surface area contributed by atoms with Crippen molar-refractivity contribution in [3.63, 3.8) is 0 Å². The van der Waals surface area contributed by atoms with Gasteiger partial charge in [-0.1, -0.05) is 29.8 Å². The Morgan fingerprint density at radius 1 is 1.03 bits per heavy atom. The molecule has 200 valence electrons. The summed E-state index contributed by atoms with van der Waals surface area (Å²) in [7, 11) is 0. The van der Waals surface area contributed by atoms with Crippen molar-refractivity contribution in [2.24, 2.45) is 0 Å². The van der Waals surface area contributed by atoms with Gasteiger partial charge in [0.15, 0.2) is 0 Å². The Bertz CT molecular complexity index is 1580. The first-order valence-electron chi connectivity index (χ1n) is 12.4. The van der Waals surface area contributed by atoms with Crippen LogP contribution in [-0.4, -0.2) is 44.1 Å². The van der Waals surface area contributed by atoms with Crippen molar-refractivity contribution in [2.75, 3.05) is 18.5 Å². The number of anilines is 2. The molecule has 0 aliphatic heterocycles. The summed E-state index contributed by atoms with van der Waals surface area (Å²) in [6.45, 7) is 0.839. The third-order valence-electron chi connectivity index (χ3n) is 6.07. The first kappa shape index (κ1) is 26.6. The Morgan fingerprint density at radius 3 is 2.74 bits per heavy atom. The Morgan fingerprint density at radius 2 is 1.92 bits per heavy atom. The minimum absolute atomic E-state index is 0.0375. The smallest absolute Gasteiger partial charge is 0.141 e. The number of nitrogens with zero attached hydrogens (tertiary/aromatic N) is 3. The SMILES string of the molecule is OCCNC(O)Cn1ccc(-c2ccc3ncnc(Nc4ccc(OCc5cccc(F)c5)c(Cl)c4)c3c2)c1. The number of nitrogens with one attached hydrogen (secondary N) is 2. The molecule has 5 rings (SSSR count). The number of aromatic nitrogens is 3. The number of halogens is 2. The average molecular weight is 548 g/mol. The van der Waals surface area contributed by atoms with E-state index in [1.54, 1.807) is 24.3 Å². The quantitative estimate of drug-likeness (QED) is 0.170. The molecule has 0 aliphatic rings. The van der Waals surface area contributed by atoms with E-state index in [0.29, 0.717) is 35.2 Å². The normalized spacial score (nSPS) is 12.0. The minimum atomic E-state index is -0.761. The molecule has 2 heterocycles. The summed E-state index contributed by atoms with van der Waals surface area (Å²) < 4.78 is 21.1. The molecule has 10 heteroatoms. The van der Waals surface area contributed by atoms with E-state index in [0.717, 1.165) is 27.7 Å². The van der Waals surface area contributed by atoms with Gasteiger partial charge in [-0.3, -0.25) is 5.32 Å². The standard InChI is InChI=1S/C29H27ClFN5O3/c30-25-14-23(5-7-27(25)39-17-19-2-1-3-22(31)12-19)35-29-24-13-20(4-6-26(24)33-18-34-29)21-8-10-36(15-21)16-28(38)32-9-11-37/h1-8,10,12-15,18,28,32,37-38H,9,11,16-17H2,(H,33,34,35). The molecule has 0 spiro atoms. The molecule has 2 aromatic heterocycles. The molecule has 0 bridgehead atoms. The van der Waals surface area contributed by atoms with Gasteiger partial charge < -0.3 is 24.8 Å². The van der Waals surface area contributed by atoms with Gasteiger partial charge in [-0.05, 0) is 65.2 Å². The molecule has 0 saturated carbocycles. The van der Waals surface area contributed by atoms with E-state index in [9.17, 15) is 9.50 Å². The highest BCUT2D eigenvalue weighted by atomic mass is 35.5. The van der Waals surface area contributed by atoms with Crippen LogP contribution in [0.25, 0.3) is 22.0 Å². The second-order valence-electron chi connectivity index (χ2n) is 8.93. The molecule has 0 radical (unpaired) electrons. The zero-order valence-electron chi connectivity index (χ0n) is 20.9. The minimum Gasteiger partial charge on any atom is -0.487 e. The van der Waals surface area contributed by atoms with E-state index in [1.165, 1.54) is 18.5 Å². The number of aliphatic hydroxyl groups excluding tert-OH is 2. The maximum atomic E-state index is 13.4. The van der Waals surface area contributed by atoms with E-state index < -0.39 is 6.23 Å². The van der Waals surface area contributed by atoms with Crippen molar-refractivity contribution in [2.45, 2.75) is 19.4 Å². The molecular formula is C29H27ClFN5O3. The van der Waals surface area contributed by atoms with Crippen molar-refractivity contribution in [3.05, 3.63) is 102 Å². The topological polar surface area (TPSA) is 104 Å². The Labute approximate surface area is 229 Å². The third kappa shape index (κ3) is 6.71. The monoisotopic (exact) mass is 547 g/mol. The summed E-state index contributed by atoms with van der Waals surface area (Å²) >= 11 is 6.47.